The maximum atomic E-state index is 12.2. The molecule has 0 spiro atoms. The first-order valence-electron chi connectivity index (χ1n) is 5.76. The number of hydrogen-bond acceptors (Lipinski definition) is 6. The quantitative estimate of drug-likeness (QED) is 0.636. The number of nitrogens with one attached hydrogen (secondary N) is 1. The maximum absolute atomic E-state index is 12.2. The number of benzene rings is 1. The van der Waals surface area contributed by atoms with Crippen molar-refractivity contribution in [1.29, 1.82) is 0 Å². The Kier molecular flexibility index (Phi) is 3.91. The summed E-state index contributed by atoms with van der Waals surface area (Å²) in [7, 11) is -2.38. The number of carbonyl (C=O) groups is 1. The lowest BCUT2D eigenvalue weighted by molar-refractivity contribution is 0.0692. The summed E-state index contributed by atoms with van der Waals surface area (Å²) in [5, 5.41) is 16.4. The lowest BCUT2D eigenvalue weighted by Gasteiger charge is -2.09. The molecule has 0 saturated heterocycles. The lowest BCUT2D eigenvalue weighted by atomic mass is 10.2. The first kappa shape index (κ1) is 14.9. The van der Waals surface area contributed by atoms with Crippen LogP contribution in [0.25, 0.3) is 0 Å². The van der Waals surface area contributed by atoms with Gasteiger partial charge in [-0.15, -0.1) is 10.2 Å². The zero-order valence-corrected chi connectivity index (χ0v) is 11.8. The van der Waals surface area contributed by atoms with Gasteiger partial charge in [-0.25, -0.2) is 17.9 Å². The molecule has 0 atom stereocenters. The molecular formula is C11H13N5O4S. The average Bonchev–Trinajstić information content (AvgIpc) is 2.81. The Balaban J connectivity index is 2.33. The fraction of sp³-hybridized carbons (Fsp3) is 0.182. The van der Waals surface area contributed by atoms with Gasteiger partial charge in [0, 0.05) is 12.7 Å². The van der Waals surface area contributed by atoms with E-state index in [2.05, 4.69) is 14.9 Å². The number of nitrogens with zero attached hydrogens (tertiary/aromatic N) is 3. The van der Waals surface area contributed by atoms with Gasteiger partial charge in [0.05, 0.1) is 17.0 Å². The van der Waals surface area contributed by atoms with Gasteiger partial charge in [-0.2, -0.15) is 0 Å². The van der Waals surface area contributed by atoms with Crippen LogP contribution in [0.3, 0.4) is 0 Å². The number of aromatic carboxylic acids is 1. The Morgan fingerprint density at radius 1 is 1.48 bits per heavy atom. The van der Waals surface area contributed by atoms with E-state index in [1.807, 2.05) is 0 Å². The van der Waals surface area contributed by atoms with Crippen LogP contribution in [0.4, 0.5) is 5.69 Å². The van der Waals surface area contributed by atoms with Gasteiger partial charge >= 0.3 is 5.97 Å². The molecule has 0 aliphatic rings. The molecule has 9 nitrogen and oxygen atoms in total. The fourth-order valence-corrected chi connectivity index (χ4v) is 2.85. The van der Waals surface area contributed by atoms with E-state index >= 15 is 0 Å². The van der Waals surface area contributed by atoms with Crippen LogP contribution < -0.4 is 10.5 Å². The Morgan fingerprint density at radius 2 is 2.19 bits per heavy atom. The topological polar surface area (TPSA) is 140 Å². The number of nitrogen functional groups attached to an aromatic ring is 1. The second kappa shape index (κ2) is 5.50. The number of rotatable bonds is 5. The lowest BCUT2D eigenvalue weighted by Crippen LogP contribution is -2.26. The molecule has 0 aliphatic carbocycles. The van der Waals surface area contributed by atoms with Gasteiger partial charge in [0.15, 0.2) is 0 Å². The van der Waals surface area contributed by atoms with Gasteiger partial charge in [0.2, 0.25) is 10.0 Å². The Bertz CT molecular complexity index is 784. The van der Waals surface area contributed by atoms with Crippen LogP contribution in [-0.2, 0) is 23.6 Å². The minimum atomic E-state index is -4.04. The molecule has 0 radical (unpaired) electrons. The average molecular weight is 311 g/mol. The van der Waals surface area contributed by atoms with Crippen molar-refractivity contribution in [2.24, 2.45) is 7.05 Å². The molecule has 0 unspecified atom stereocenters. The number of sulfonamides is 1. The SMILES string of the molecule is Cn1cnnc1CNS(=O)(=O)c1cc(N)ccc1C(=O)O. The van der Waals surface area contributed by atoms with Crippen molar-refractivity contribution in [3.05, 3.63) is 35.9 Å². The van der Waals surface area contributed by atoms with Gasteiger partial charge < -0.3 is 15.4 Å². The number of anilines is 1. The van der Waals surface area contributed by atoms with E-state index in [0.717, 1.165) is 12.1 Å². The van der Waals surface area contributed by atoms with E-state index in [0.29, 0.717) is 5.82 Å². The second-order valence-corrected chi connectivity index (χ2v) is 5.98. The Morgan fingerprint density at radius 3 is 2.76 bits per heavy atom. The van der Waals surface area contributed by atoms with E-state index in [1.54, 1.807) is 11.6 Å². The van der Waals surface area contributed by atoms with Crippen molar-refractivity contribution in [3.8, 4) is 0 Å². The van der Waals surface area contributed by atoms with Crippen LogP contribution in [0.15, 0.2) is 29.4 Å². The van der Waals surface area contributed by atoms with Gasteiger partial charge in [0.1, 0.15) is 12.2 Å². The molecule has 2 rings (SSSR count). The standard InChI is InChI=1S/C11H13N5O4S/c1-16-6-13-15-10(16)5-14-21(19,20)9-4-7(12)2-3-8(9)11(17)18/h2-4,6,14H,5,12H2,1H3,(H,17,18). The number of hydrogen-bond donors (Lipinski definition) is 3. The minimum Gasteiger partial charge on any atom is -0.478 e. The molecule has 10 heteroatoms. The van der Waals surface area contributed by atoms with Crippen LogP contribution in [0, 0.1) is 0 Å². The van der Waals surface area contributed by atoms with Crippen molar-refractivity contribution < 1.29 is 18.3 Å². The summed E-state index contributed by atoms with van der Waals surface area (Å²) in [6.45, 7) is -0.118. The third-order valence-corrected chi connectivity index (χ3v) is 4.19. The number of nitrogens with two attached hydrogens (primary N) is 1. The van der Waals surface area contributed by atoms with Crippen LogP contribution >= 0.6 is 0 Å². The summed E-state index contributed by atoms with van der Waals surface area (Å²) < 4.78 is 28.3. The first-order chi connectivity index (χ1) is 9.81. The van der Waals surface area contributed by atoms with Crippen molar-refractivity contribution in [2.45, 2.75) is 11.4 Å². The van der Waals surface area contributed by atoms with E-state index in [1.165, 1.54) is 12.4 Å². The van der Waals surface area contributed by atoms with Crippen molar-refractivity contribution in [3.63, 3.8) is 0 Å². The van der Waals surface area contributed by atoms with Crippen LogP contribution in [0.1, 0.15) is 16.2 Å². The van der Waals surface area contributed by atoms with Crippen molar-refractivity contribution >= 4 is 21.7 Å². The van der Waals surface area contributed by atoms with Gasteiger partial charge in [-0.1, -0.05) is 0 Å². The van der Waals surface area contributed by atoms with Crippen LogP contribution in [0.2, 0.25) is 0 Å². The molecule has 1 aromatic heterocycles. The van der Waals surface area contributed by atoms with Crippen molar-refractivity contribution in [2.75, 3.05) is 5.73 Å². The highest BCUT2D eigenvalue weighted by atomic mass is 32.2. The first-order valence-corrected chi connectivity index (χ1v) is 7.25. The van der Waals surface area contributed by atoms with Gasteiger partial charge in [-0.3, -0.25) is 0 Å². The summed E-state index contributed by atoms with van der Waals surface area (Å²) in [4.78, 5) is 10.7. The number of carboxylic acid groups (broad SMARTS) is 1. The highest BCUT2D eigenvalue weighted by molar-refractivity contribution is 7.89. The largest absolute Gasteiger partial charge is 0.478 e. The molecule has 112 valence electrons. The molecule has 2 aromatic rings. The minimum absolute atomic E-state index is 0.118. The highest BCUT2D eigenvalue weighted by Gasteiger charge is 2.23. The summed E-state index contributed by atoms with van der Waals surface area (Å²) in [6, 6.07) is 3.57. The molecule has 0 aliphatic heterocycles. The number of carboxylic acids is 1. The van der Waals surface area contributed by atoms with E-state index in [4.69, 9.17) is 10.8 Å². The highest BCUT2D eigenvalue weighted by Crippen LogP contribution is 2.19. The summed E-state index contributed by atoms with van der Waals surface area (Å²) in [6.07, 6.45) is 1.42. The normalized spacial score (nSPS) is 11.5. The fourth-order valence-electron chi connectivity index (χ4n) is 1.64. The maximum Gasteiger partial charge on any atom is 0.337 e. The molecule has 4 N–H and O–H groups in total. The van der Waals surface area contributed by atoms with Gasteiger partial charge in [-0.05, 0) is 18.2 Å². The molecule has 0 bridgehead atoms. The molecule has 0 fully saturated rings. The molecule has 21 heavy (non-hydrogen) atoms. The van der Waals surface area contributed by atoms with E-state index < -0.39 is 20.9 Å². The molecule has 0 saturated carbocycles. The summed E-state index contributed by atoms with van der Waals surface area (Å²) in [5.41, 5.74) is 5.33. The zero-order valence-electron chi connectivity index (χ0n) is 11.0. The molecule has 1 heterocycles. The third-order valence-electron chi connectivity index (χ3n) is 2.75. The summed E-state index contributed by atoms with van der Waals surface area (Å²) >= 11 is 0. The second-order valence-electron chi connectivity index (χ2n) is 4.24. The zero-order chi connectivity index (χ0) is 15.6. The summed E-state index contributed by atoms with van der Waals surface area (Å²) in [5.74, 6) is -0.964. The Hall–Kier alpha value is -2.46. The smallest absolute Gasteiger partial charge is 0.337 e. The predicted octanol–water partition coefficient (Wildman–Crippen LogP) is -0.426. The van der Waals surface area contributed by atoms with Gasteiger partial charge in [0.25, 0.3) is 0 Å². The monoisotopic (exact) mass is 311 g/mol. The Labute approximate surface area is 120 Å². The van der Waals surface area contributed by atoms with E-state index in [-0.39, 0.29) is 17.8 Å². The predicted molar refractivity (Wildman–Crippen MR) is 72.8 cm³/mol. The van der Waals surface area contributed by atoms with Crippen LogP contribution in [-0.4, -0.2) is 34.3 Å². The number of aromatic nitrogens is 3. The molecular weight excluding hydrogens is 298 g/mol. The number of aryl methyl sites for hydroxylation is 1. The third kappa shape index (κ3) is 3.17. The van der Waals surface area contributed by atoms with E-state index in [9.17, 15) is 13.2 Å². The molecule has 0 amide bonds. The van der Waals surface area contributed by atoms with Crippen LogP contribution in [0.5, 0.6) is 0 Å². The van der Waals surface area contributed by atoms with Crippen molar-refractivity contribution in [1.82, 2.24) is 19.5 Å². The molecule has 1 aromatic carbocycles.